The van der Waals surface area contributed by atoms with Gasteiger partial charge in [-0.2, -0.15) is 0 Å². The second kappa shape index (κ2) is 8.38. The molecule has 1 heterocycles. The van der Waals surface area contributed by atoms with Gasteiger partial charge < -0.3 is 4.42 Å². The lowest BCUT2D eigenvalue weighted by Crippen LogP contribution is -2.22. The van der Waals surface area contributed by atoms with E-state index in [1.54, 1.807) is 0 Å². The fraction of sp³-hybridized carbons (Fsp3) is 0.130. The zero-order valence-electron chi connectivity index (χ0n) is 15.5. The van der Waals surface area contributed by atoms with Crippen LogP contribution in [-0.2, 0) is 6.54 Å². The van der Waals surface area contributed by atoms with Gasteiger partial charge in [0.1, 0.15) is 6.04 Å². The minimum atomic E-state index is -0.216. The summed E-state index contributed by atoms with van der Waals surface area (Å²) in [6.45, 7) is 2.77. The first kappa shape index (κ1) is 18.4. The highest BCUT2D eigenvalue weighted by molar-refractivity contribution is 6.33. The van der Waals surface area contributed by atoms with Crippen molar-refractivity contribution in [2.45, 2.75) is 19.5 Å². The first-order valence-corrected chi connectivity index (χ1v) is 9.50. The Hall–Kier alpha value is -2.95. The Morgan fingerprint density at radius 1 is 0.893 bits per heavy atom. The normalized spacial score (nSPS) is 12.1. The Kier molecular flexibility index (Phi) is 5.51. The molecule has 3 aromatic carbocycles. The lowest BCUT2D eigenvalue weighted by atomic mass is 10.1. The van der Waals surface area contributed by atoms with Crippen LogP contribution in [0, 0.1) is 6.92 Å². The first-order chi connectivity index (χ1) is 13.7. The molecule has 4 aromatic rings. The lowest BCUT2D eigenvalue weighted by Gasteiger charge is -2.16. The van der Waals surface area contributed by atoms with Crippen molar-refractivity contribution >= 4 is 11.6 Å². The lowest BCUT2D eigenvalue weighted by molar-refractivity contribution is 0.438. The maximum Gasteiger partial charge on any atom is 0.249 e. The van der Waals surface area contributed by atoms with Crippen molar-refractivity contribution in [1.82, 2.24) is 15.5 Å². The molecule has 5 heteroatoms. The standard InChI is InChI=1S/C23H20ClN3O/c1-16-11-13-17(14-12-16)15-25-21(18-7-3-2-4-8-18)23-27-26-22(28-23)19-9-5-6-10-20(19)24/h2-14,21,25H,15H2,1H3/t21-/m0/s1. The molecule has 140 valence electrons. The van der Waals surface area contributed by atoms with E-state index in [0.29, 0.717) is 23.3 Å². The van der Waals surface area contributed by atoms with Gasteiger partial charge in [-0.05, 0) is 30.2 Å². The van der Waals surface area contributed by atoms with Gasteiger partial charge in [0, 0.05) is 6.54 Å². The van der Waals surface area contributed by atoms with E-state index in [4.69, 9.17) is 16.0 Å². The van der Waals surface area contributed by atoms with Crippen LogP contribution >= 0.6 is 11.6 Å². The summed E-state index contributed by atoms with van der Waals surface area (Å²) in [4.78, 5) is 0. The van der Waals surface area contributed by atoms with Crippen molar-refractivity contribution in [3.8, 4) is 11.5 Å². The van der Waals surface area contributed by atoms with Gasteiger partial charge in [-0.15, -0.1) is 10.2 Å². The number of rotatable bonds is 6. The van der Waals surface area contributed by atoms with E-state index in [2.05, 4.69) is 46.7 Å². The molecule has 0 spiro atoms. The summed E-state index contributed by atoms with van der Waals surface area (Å²) in [6.07, 6.45) is 0. The Labute approximate surface area is 169 Å². The molecule has 0 aliphatic rings. The number of halogens is 1. The van der Waals surface area contributed by atoms with Crippen molar-refractivity contribution in [1.29, 1.82) is 0 Å². The molecular weight excluding hydrogens is 370 g/mol. The van der Waals surface area contributed by atoms with Gasteiger partial charge >= 0.3 is 0 Å². The Bertz CT molecular complexity index is 1040. The third kappa shape index (κ3) is 4.14. The van der Waals surface area contributed by atoms with Crippen LogP contribution < -0.4 is 5.32 Å². The van der Waals surface area contributed by atoms with E-state index in [1.165, 1.54) is 11.1 Å². The van der Waals surface area contributed by atoms with Crippen LogP contribution in [0.5, 0.6) is 0 Å². The van der Waals surface area contributed by atoms with Crippen LogP contribution in [0.2, 0.25) is 5.02 Å². The molecule has 28 heavy (non-hydrogen) atoms. The highest BCUT2D eigenvalue weighted by atomic mass is 35.5. The average Bonchev–Trinajstić information content (AvgIpc) is 3.20. The van der Waals surface area contributed by atoms with Crippen molar-refractivity contribution in [2.24, 2.45) is 0 Å². The molecule has 0 saturated heterocycles. The van der Waals surface area contributed by atoms with Crippen LogP contribution in [0.15, 0.2) is 83.3 Å². The smallest absolute Gasteiger partial charge is 0.249 e. The number of benzene rings is 3. The van der Waals surface area contributed by atoms with Crippen LogP contribution in [0.25, 0.3) is 11.5 Å². The number of nitrogens with one attached hydrogen (secondary N) is 1. The van der Waals surface area contributed by atoms with Gasteiger partial charge in [0.15, 0.2) is 0 Å². The van der Waals surface area contributed by atoms with Crippen LogP contribution in [0.1, 0.15) is 28.6 Å². The SMILES string of the molecule is Cc1ccc(CN[C@@H](c2ccccc2)c2nnc(-c3ccccc3Cl)o2)cc1. The fourth-order valence-electron chi connectivity index (χ4n) is 3.01. The van der Waals surface area contributed by atoms with E-state index in [9.17, 15) is 0 Å². The summed E-state index contributed by atoms with van der Waals surface area (Å²) in [7, 11) is 0. The third-order valence-electron chi connectivity index (χ3n) is 4.56. The molecule has 4 nitrogen and oxygen atoms in total. The summed E-state index contributed by atoms with van der Waals surface area (Å²) in [5, 5.41) is 12.6. The topological polar surface area (TPSA) is 51.0 Å². The van der Waals surface area contributed by atoms with Crippen molar-refractivity contribution in [3.63, 3.8) is 0 Å². The number of aryl methyl sites for hydroxylation is 1. The Balaban J connectivity index is 1.62. The molecule has 0 radical (unpaired) electrons. The first-order valence-electron chi connectivity index (χ1n) is 9.13. The second-order valence-electron chi connectivity index (χ2n) is 6.64. The number of hydrogen-bond acceptors (Lipinski definition) is 4. The summed E-state index contributed by atoms with van der Waals surface area (Å²) >= 11 is 6.28. The molecule has 0 bridgehead atoms. The van der Waals surface area contributed by atoms with Crippen molar-refractivity contribution in [2.75, 3.05) is 0 Å². The minimum Gasteiger partial charge on any atom is -0.419 e. The highest BCUT2D eigenvalue weighted by Crippen LogP contribution is 2.29. The second-order valence-corrected chi connectivity index (χ2v) is 7.04. The Morgan fingerprint density at radius 3 is 2.36 bits per heavy atom. The van der Waals surface area contributed by atoms with E-state index < -0.39 is 0 Å². The fourth-order valence-corrected chi connectivity index (χ4v) is 3.23. The molecule has 0 amide bonds. The van der Waals surface area contributed by atoms with E-state index in [1.807, 2.05) is 54.6 Å². The molecule has 0 aliphatic heterocycles. The largest absolute Gasteiger partial charge is 0.419 e. The molecule has 4 rings (SSSR count). The van der Waals surface area contributed by atoms with Gasteiger partial charge in [-0.25, -0.2) is 0 Å². The van der Waals surface area contributed by atoms with Crippen LogP contribution in [0.4, 0.5) is 0 Å². The quantitative estimate of drug-likeness (QED) is 0.467. The highest BCUT2D eigenvalue weighted by Gasteiger charge is 2.21. The molecule has 1 N–H and O–H groups in total. The van der Waals surface area contributed by atoms with E-state index in [-0.39, 0.29) is 6.04 Å². The molecule has 0 saturated carbocycles. The van der Waals surface area contributed by atoms with Crippen molar-refractivity contribution in [3.05, 3.63) is 106 Å². The molecule has 1 atom stereocenters. The number of hydrogen-bond donors (Lipinski definition) is 1. The minimum absolute atomic E-state index is 0.216. The van der Waals surface area contributed by atoms with Gasteiger partial charge in [0.25, 0.3) is 0 Å². The predicted molar refractivity (Wildman–Crippen MR) is 111 cm³/mol. The molecule has 1 aromatic heterocycles. The maximum atomic E-state index is 6.28. The zero-order valence-corrected chi connectivity index (χ0v) is 16.2. The van der Waals surface area contributed by atoms with E-state index in [0.717, 1.165) is 11.1 Å². The summed E-state index contributed by atoms with van der Waals surface area (Å²) in [6, 6.07) is 25.8. The molecule has 0 unspecified atom stereocenters. The zero-order chi connectivity index (χ0) is 19.3. The molecular formula is C23H20ClN3O. The Morgan fingerprint density at radius 2 is 1.61 bits per heavy atom. The molecule has 0 fully saturated rings. The summed E-state index contributed by atoms with van der Waals surface area (Å²) in [5.41, 5.74) is 4.22. The van der Waals surface area contributed by atoms with Crippen LogP contribution in [-0.4, -0.2) is 10.2 Å². The van der Waals surface area contributed by atoms with Gasteiger partial charge in [0.05, 0.1) is 10.6 Å². The van der Waals surface area contributed by atoms with E-state index >= 15 is 0 Å². The third-order valence-corrected chi connectivity index (χ3v) is 4.89. The monoisotopic (exact) mass is 389 g/mol. The van der Waals surface area contributed by atoms with Crippen LogP contribution in [0.3, 0.4) is 0 Å². The van der Waals surface area contributed by atoms with Crippen molar-refractivity contribution < 1.29 is 4.42 Å². The summed E-state index contributed by atoms with van der Waals surface area (Å²) in [5.74, 6) is 0.923. The van der Waals surface area contributed by atoms with Gasteiger partial charge in [-0.1, -0.05) is 83.9 Å². The van der Waals surface area contributed by atoms with Gasteiger partial charge in [0.2, 0.25) is 11.8 Å². The average molecular weight is 390 g/mol. The maximum absolute atomic E-state index is 6.28. The number of nitrogens with zero attached hydrogens (tertiary/aromatic N) is 2. The predicted octanol–water partition coefficient (Wildman–Crippen LogP) is 5.58. The molecule has 0 aliphatic carbocycles. The summed E-state index contributed by atoms with van der Waals surface area (Å²) < 4.78 is 6.01. The number of aromatic nitrogens is 2. The van der Waals surface area contributed by atoms with Gasteiger partial charge in [-0.3, -0.25) is 5.32 Å².